The minimum atomic E-state index is -4.63. The van der Waals surface area contributed by atoms with Gasteiger partial charge in [0.05, 0.1) is 35.6 Å². The van der Waals surface area contributed by atoms with Crippen LogP contribution in [0.25, 0.3) is 0 Å². The molecule has 6 radical (unpaired) electrons. The number of ether oxygens (including phenoxy) is 1. The predicted octanol–water partition coefficient (Wildman–Crippen LogP) is 1.87. The van der Waals surface area contributed by atoms with E-state index in [0.29, 0.717) is 0 Å². The fourth-order valence-corrected chi connectivity index (χ4v) is 3.15. The van der Waals surface area contributed by atoms with Gasteiger partial charge in [-0.25, -0.2) is 4.79 Å². The second-order valence-corrected chi connectivity index (χ2v) is 10.5. The van der Waals surface area contributed by atoms with Gasteiger partial charge in [0.25, 0.3) is 0 Å². The summed E-state index contributed by atoms with van der Waals surface area (Å²) in [5.41, 5.74) is 2.81. The first kappa shape index (κ1) is 31.7. The van der Waals surface area contributed by atoms with E-state index in [1.807, 2.05) is 0 Å². The summed E-state index contributed by atoms with van der Waals surface area (Å²) in [6, 6.07) is -0.399. The lowest BCUT2D eigenvalue weighted by molar-refractivity contribution is -0.141. The fourth-order valence-electron chi connectivity index (χ4n) is 2.73. The third-order valence-corrected chi connectivity index (χ3v) is 4.78. The average molecular weight is 569 g/mol. The number of rotatable bonds is 9. The van der Waals surface area contributed by atoms with Gasteiger partial charge in [-0.1, -0.05) is 0 Å². The minimum Gasteiger partial charge on any atom is -0.444 e. The molecule has 0 spiro atoms. The van der Waals surface area contributed by atoms with Crippen LogP contribution in [0.5, 0.6) is 0 Å². The summed E-state index contributed by atoms with van der Waals surface area (Å²) in [6.07, 6.45) is -3.41. The van der Waals surface area contributed by atoms with Crippen molar-refractivity contribution in [2.24, 2.45) is 10.7 Å². The summed E-state index contributed by atoms with van der Waals surface area (Å²) in [4.78, 5) is 29.3. The quantitative estimate of drug-likeness (QED) is 0.310. The van der Waals surface area contributed by atoms with Gasteiger partial charge >= 0.3 is 12.3 Å². The Kier molecular flexibility index (Phi) is 10.4. The van der Waals surface area contributed by atoms with E-state index in [0.717, 1.165) is 23.2 Å². The summed E-state index contributed by atoms with van der Waals surface area (Å²) in [6.45, 7) is 7.94. The number of hydrogen-bond acceptors (Lipinski definition) is 6. The van der Waals surface area contributed by atoms with Crippen LogP contribution in [0.3, 0.4) is 0 Å². The van der Waals surface area contributed by atoms with Crippen molar-refractivity contribution >= 4 is 57.7 Å². The smallest absolute Gasteiger partial charge is 0.435 e. The van der Waals surface area contributed by atoms with Gasteiger partial charge in [0.15, 0.2) is 5.69 Å². The van der Waals surface area contributed by atoms with Crippen LogP contribution in [0.15, 0.2) is 27.4 Å². The molecule has 4 N–H and O–H groups in total. The molecule has 16 heteroatoms. The number of carbonyl (C=O) groups is 2. The highest BCUT2D eigenvalue weighted by atomic mass is 79.9. The van der Waals surface area contributed by atoms with Crippen molar-refractivity contribution in [3.63, 3.8) is 0 Å². The van der Waals surface area contributed by atoms with E-state index in [1.54, 1.807) is 34.6 Å². The number of carbonyl (C=O) groups excluding carboxylic acids is 2. The van der Waals surface area contributed by atoms with Gasteiger partial charge in [-0.2, -0.15) is 18.3 Å². The van der Waals surface area contributed by atoms with Crippen molar-refractivity contribution in [3.05, 3.63) is 28.1 Å². The standard InChI is InChI=1S/C20H27B3BrF3N6O3/c1-17(2,3)36-16(35)30-12(6-11(8-28)9-29-20(21,22)23)15(34)31-18(4,5)10-33-14(24)7-13(32-33)19(25,26)27/h7-9,12H,6,10,28H2,1-5H3,(H,30,35)(H,31,34)/b11-8-,29-9+. The third kappa shape index (κ3) is 11.6. The molecule has 0 aliphatic carbocycles. The van der Waals surface area contributed by atoms with Crippen LogP contribution in [0.2, 0.25) is 0 Å². The van der Waals surface area contributed by atoms with Gasteiger partial charge in [0.2, 0.25) is 5.91 Å². The van der Waals surface area contributed by atoms with Crippen LogP contribution >= 0.6 is 15.9 Å². The summed E-state index contributed by atoms with van der Waals surface area (Å²) in [7, 11) is 16.2. The van der Waals surface area contributed by atoms with E-state index in [-0.39, 0.29) is 23.1 Å². The number of aromatic nitrogens is 2. The molecule has 0 aliphatic rings. The average Bonchev–Trinajstić information content (AvgIpc) is 3.01. The summed E-state index contributed by atoms with van der Waals surface area (Å²) >= 11 is 3.04. The lowest BCUT2D eigenvalue weighted by Gasteiger charge is -2.30. The van der Waals surface area contributed by atoms with Crippen LogP contribution in [0.1, 0.15) is 46.7 Å². The molecule has 1 aromatic heterocycles. The number of aliphatic imine (C=N–C) groups is 1. The summed E-state index contributed by atoms with van der Waals surface area (Å²) in [5.74, 6) is -0.683. The molecule has 2 amide bonds. The lowest BCUT2D eigenvalue weighted by atomic mass is 9.50. The Hall–Kier alpha value is -2.38. The molecular weight excluding hydrogens is 542 g/mol. The molecule has 1 aromatic rings. The van der Waals surface area contributed by atoms with Crippen LogP contribution < -0.4 is 16.4 Å². The van der Waals surface area contributed by atoms with Gasteiger partial charge in [-0.3, -0.25) is 9.48 Å². The summed E-state index contributed by atoms with van der Waals surface area (Å²) < 4.78 is 45.3. The highest BCUT2D eigenvalue weighted by Gasteiger charge is 2.36. The number of nitrogens with two attached hydrogens (primary N) is 1. The van der Waals surface area contributed by atoms with Crippen LogP contribution in [-0.2, 0) is 22.3 Å². The number of amides is 2. The molecular formula is C20H27B3BrF3N6O3. The van der Waals surface area contributed by atoms with Crippen molar-refractivity contribution < 1.29 is 27.5 Å². The zero-order valence-electron chi connectivity index (χ0n) is 20.6. The maximum Gasteiger partial charge on any atom is 0.435 e. The van der Waals surface area contributed by atoms with Gasteiger partial charge in [0, 0.05) is 18.7 Å². The molecule has 0 bridgehead atoms. The first-order valence-corrected chi connectivity index (χ1v) is 11.4. The number of hydrogen-bond donors (Lipinski definition) is 3. The minimum absolute atomic E-state index is 0.0685. The molecule has 192 valence electrons. The Bertz CT molecular complexity index is 1000. The molecule has 0 saturated heterocycles. The first-order valence-electron chi connectivity index (χ1n) is 10.6. The van der Waals surface area contributed by atoms with Gasteiger partial charge < -0.3 is 26.1 Å². The van der Waals surface area contributed by atoms with Crippen molar-refractivity contribution in [3.8, 4) is 0 Å². The highest BCUT2D eigenvalue weighted by Crippen LogP contribution is 2.30. The van der Waals surface area contributed by atoms with E-state index >= 15 is 0 Å². The molecule has 36 heavy (non-hydrogen) atoms. The summed E-state index contributed by atoms with van der Waals surface area (Å²) in [5, 5.41) is 6.79. The molecule has 0 saturated carbocycles. The topological polar surface area (TPSA) is 124 Å². The van der Waals surface area contributed by atoms with Gasteiger partial charge in [0.1, 0.15) is 16.2 Å². The van der Waals surface area contributed by atoms with E-state index in [2.05, 4.69) is 36.7 Å². The van der Waals surface area contributed by atoms with Gasteiger partial charge in [-0.05, 0) is 67.6 Å². The largest absolute Gasteiger partial charge is 0.444 e. The van der Waals surface area contributed by atoms with Crippen molar-refractivity contribution in [2.75, 3.05) is 0 Å². The Balaban J connectivity index is 3.13. The molecule has 9 nitrogen and oxygen atoms in total. The zero-order valence-corrected chi connectivity index (χ0v) is 22.2. The number of alkyl carbamates (subject to hydrolysis) is 1. The van der Waals surface area contributed by atoms with E-state index in [9.17, 15) is 22.8 Å². The normalized spacial score (nSPS) is 14.5. The maximum absolute atomic E-state index is 13.2. The molecule has 1 atom stereocenters. The fraction of sp³-hybridized carbons (Fsp3) is 0.600. The number of nitrogens with zero attached hydrogens (tertiary/aromatic N) is 3. The monoisotopic (exact) mass is 568 g/mol. The number of nitrogens with one attached hydrogen (secondary N) is 2. The lowest BCUT2D eigenvalue weighted by Crippen LogP contribution is -2.55. The molecule has 0 aliphatic heterocycles. The maximum atomic E-state index is 13.2. The van der Waals surface area contributed by atoms with Crippen molar-refractivity contribution in [1.82, 2.24) is 20.4 Å². The zero-order chi connectivity index (χ0) is 28.1. The van der Waals surface area contributed by atoms with Crippen LogP contribution in [0, 0.1) is 0 Å². The van der Waals surface area contributed by atoms with E-state index in [4.69, 9.17) is 34.0 Å². The van der Waals surface area contributed by atoms with E-state index < -0.39 is 46.3 Å². The molecule has 1 unspecified atom stereocenters. The predicted molar refractivity (Wildman–Crippen MR) is 136 cm³/mol. The highest BCUT2D eigenvalue weighted by molar-refractivity contribution is 9.10. The van der Waals surface area contributed by atoms with Gasteiger partial charge in [-0.15, -0.1) is 0 Å². The van der Waals surface area contributed by atoms with E-state index in [1.165, 1.54) is 0 Å². The Morgan fingerprint density at radius 3 is 2.28 bits per heavy atom. The van der Waals surface area contributed by atoms with Crippen molar-refractivity contribution in [1.29, 1.82) is 0 Å². The molecule has 1 heterocycles. The van der Waals surface area contributed by atoms with Crippen molar-refractivity contribution in [2.45, 2.75) is 76.2 Å². The Morgan fingerprint density at radius 1 is 1.25 bits per heavy atom. The SMILES string of the molecule is [B]C([B])([B])/N=C/C(=C\N)CC(NC(=O)OC(C)(C)C)C(=O)NC(C)(C)Cn1nc(C(F)(F)F)cc1Br. The second kappa shape index (κ2) is 11.8. The molecule has 1 rings (SSSR count). The Labute approximate surface area is 220 Å². The van der Waals surface area contributed by atoms with Crippen LogP contribution in [-0.4, -0.2) is 74.0 Å². The number of alkyl halides is 3. The first-order chi connectivity index (χ1) is 16.1. The third-order valence-electron chi connectivity index (χ3n) is 4.14. The number of halogens is 4. The van der Waals surface area contributed by atoms with Crippen LogP contribution in [0.4, 0.5) is 18.0 Å². The second-order valence-electron chi connectivity index (χ2n) is 9.67. The Morgan fingerprint density at radius 2 is 1.83 bits per heavy atom. The molecule has 0 fully saturated rings. The molecule has 0 aromatic carbocycles.